The number of nitrogens with one attached hydrogen (secondary N) is 1. The third kappa shape index (κ3) is 3.82. The van der Waals surface area contributed by atoms with Crippen LogP contribution in [0.25, 0.3) is 0 Å². The number of hydrogen-bond acceptors (Lipinski definition) is 5. The second-order valence-corrected chi connectivity index (χ2v) is 6.33. The predicted octanol–water partition coefficient (Wildman–Crippen LogP) is 3.44. The summed E-state index contributed by atoms with van der Waals surface area (Å²) < 4.78 is 0. The van der Waals surface area contributed by atoms with E-state index < -0.39 is 0 Å². The second kappa shape index (κ2) is 7.46. The minimum absolute atomic E-state index is 0.232. The van der Waals surface area contributed by atoms with E-state index >= 15 is 0 Å². The van der Waals surface area contributed by atoms with Crippen molar-refractivity contribution in [1.29, 1.82) is 0 Å². The highest BCUT2D eigenvalue weighted by Crippen LogP contribution is 2.25. The lowest BCUT2D eigenvalue weighted by molar-refractivity contribution is 0.102. The molecule has 1 aromatic heterocycles. The number of rotatable bonds is 4. The Morgan fingerprint density at radius 1 is 1.09 bits per heavy atom. The SMILES string of the molecule is CSc1ccccc1NC(=O)c1ccc(N2CCCCC2)nn1. The van der Waals surface area contributed by atoms with Crippen molar-refractivity contribution >= 4 is 29.2 Å². The van der Waals surface area contributed by atoms with Crippen LogP contribution in [0.15, 0.2) is 41.3 Å². The van der Waals surface area contributed by atoms with Gasteiger partial charge < -0.3 is 10.2 Å². The zero-order valence-corrected chi connectivity index (χ0v) is 14.0. The first kappa shape index (κ1) is 15.8. The molecule has 5 nitrogen and oxygen atoms in total. The Labute approximate surface area is 140 Å². The second-order valence-electron chi connectivity index (χ2n) is 5.48. The van der Waals surface area contributed by atoms with E-state index in [1.165, 1.54) is 19.3 Å². The summed E-state index contributed by atoms with van der Waals surface area (Å²) in [4.78, 5) is 15.6. The molecule has 1 aliphatic rings. The summed E-state index contributed by atoms with van der Waals surface area (Å²) in [7, 11) is 0. The third-order valence-corrected chi connectivity index (χ3v) is 4.71. The molecule has 0 saturated carbocycles. The molecule has 0 spiro atoms. The smallest absolute Gasteiger partial charge is 0.276 e. The van der Waals surface area contributed by atoms with Crippen LogP contribution in [0.1, 0.15) is 29.8 Å². The van der Waals surface area contributed by atoms with Gasteiger partial charge in [0.2, 0.25) is 0 Å². The summed E-state index contributed by atoms with van der Waals surface area (Å²) >= 11 is 1.60. The molecular weight excluding hydrogens is 308 g/mol. The Bertz CT molecular complexity index is 669. The summed E-state index contributed by atoms with van der Waals surface area (Å²) in [6.45, 7) is 2.03. The maximum Gasteiger partial charge on any atom is 0.276 e. The summed E-state index contributed by atoms with van der Waals surface area (Å²) in [5, 5.41) is 11.2. The number of carbonyl (C=O) groups is 1. The van der Waals surface area contributed by atoms with E-state index in [1.807, 2.05) is 36.6 Å². The average Bonchev–Trinajstić information content (AvgIpc) is 2.63. The number of aromatic nitrogens is 2. The summed E-state index contributed by atoms with van der Waals surface area (Å²) in [5.41, 5.74) is 1.13. The quantitative estimate of drug-likeness (QED) is 0.871. The van der Waals surface area contributed by atoms with Crippen molar-refractivity contribution in [2.75, 3.05) is 29.6 Å². The fourth-order valence-corrected chi connectivity index (χ4v) is 3.23. The fraction of sp³-hybridized carbons (Fsp3) is 0.353. The van der Waals surface area contributed by atoms with Crippen LogP contribution in [0, 0.1) is 0 Å². The van der Waals surface area contributed by atoms with Gasteiger partial charge in [-0.3, -0.25) is 4.79 Å². The van der Waals surface area contributed by atoms with E-state index in [1.54, 1.807) is 17.8 Å². The van der Waals surface area contributed by atoms with Gasteiger partial charge >= 0.3 is 0 Å². The number of benzene rings is 1. The van der Waals surface area contributed by atoms with Crippen molar-refractivity contribution < 1.29 is 4.79 Å². The highest BCUT2D eigenvalue weighted by Gasteiger charge is 2.15. The Morgan fingerprint density at radius 2 is 1.87 bits per heavy atom. The molecule has 1 aromatic carbocycles. The maximum atomic E-state index is 12.3. The Kier molecular flexibility index (Phi) is 5.12. The molecule has 0 radical (unpaired) electrons. The van der Waals surface area contributed by atoms with Crippen LogP contribution in [0.3, 0.4) is 0 Å². The van der Waals surface area contributed by atoms with Crippen molar-refractivity contribution in [3.63, 3.8) is 0 Å². The average molecular weight is 328 g/mol. The van der Waals surface area contributed by atoms with Gasteiger partial charge in [0.1, 0.15) is 0 Å². The van der Waals surface area contributed by atoms with Gasteiger partial charge in [0.05, 0.1) is 5.69 Å². The van der Waals surface area contributed by atoms with E-state index in [2.05, 4.69) is 20.4 Å². The van der Waals surface area contributed by atoms with Gasteiger partial charge in [0.15, 0.2) is 11.5 Å². The van der Waals surface area contributed by atoms with E-state index in [9.17, 15) is 4.79 Å². The lowest BCUT2D eigenvalue weighted by atomic mass is 10.1. The van der Waals surface area contributed by atoms with Crippen molar-refractivity contribution in [1.82, 2.24) is 10.2 Å². The van der Waals surface area contributed by atoms with Crippen LogP contribution in [-0.4, -0.2) is 35.4 Å². The number of anilines is 2. The van der Waals surface area contributed by atoms with Crippen LogP contribution < -0.4 is 10.2 Å². The molecule has 0 unspecified atom stereocenters. The van der Waals surface area contributed by atoms with Gasteiger partial charge in [-0.15, -0.1) is 22.0 Å². The molecule has 2 aromatic rings. The zero-order valence-electron chi connectivity index (χ0n) is 13.2. The minimum atomic E-state index is -0.232. The van der Waals surface area contributed by atoms with E-state index in [0.717, 1.165) is 29.5 Å². The van der Waals surface area contributed by atoms with Crippen LogP contribution in [-0.2, 0) is 0 Å². The number of thioether (sulfide) groups is 1. The molecule has 1 fully saturated rings. The molecule has 0 atom stereocenters. The monoisotopic (exact) mass is 328 g/mol. The van der Waals surface area contributed by atoms with Crippen molar-refractivity contribution in [2.24, 2.45) is 0 Å². The Morgan fingerprint density at radius 3 is 2.57 bits per heavy atom. The van der Waals surface area contributed by atoms with Crippen molar-refractivity contribution in [3.8, 4) is 0 Å². The molecule has 23 heavy (non-hydrogen) atoms. The van der Waals surface area contributed by atoms with Crippen molar-refractivity contribution in [3.05, 3.63) is 42.1 Å². The van der Waals surface area contributed by atoms with Gasteiger partial charge in [-0.25, -0.2) is 0 Å². The highest BCUT2D eigenvalue weighted by atomic mass is 32.2. The Balaban J connectivity index is 1.70. The summed E-state index contributed by atoms with van der Waals surface area (Å²) in [5.74, 6) is 0.620. The number of piperidine rings is 1. The van der Waals surface area contributed by atoms with E-state index in [0.29, 0.717) is 5.69 Å². The Hall–Kier alpha value is -2.08. The zero-order chi connectivity index (χ0) is 16.1. The van der Waals surface area contributed by atoms with Crippen LogP contribution in [0.2, 0.25) is 0 Å². The van der Waals surface area contributed by atoms with Crippen molar-refractivity contribution in [2.45, 2.75) is 24.2 Å². The molecule has 1 N–H and O–H groups in total. The first-order valence-corrected chi connectivity index (χ1v) is 9.03. The molecule has 1 saturated heterocycles. The molecule has 120 valence electrons. The van der Waals surface area contributed by atoms with Gasteiger partial charge in [-0.05, 0) is 49.8 Å². The number of para-hydroxylation sites is 1. The lowest BCUT2D eigenvalue weighted by Crippen LogP contribution is -2.30. The predicted molar refractivity (Wildman–Crippen MR) is 94.3 cm³/mol. The first-order valence-electron chi connectivity index (χ1n) is 7.81. The number of nitrogens with zero attached hydrogens (tertiary/aromatic N) is 3. The van der Waals surface area contributed by atoms with Crippen LogP contribution in [0.4, 0.5) is 11.5 Å². The lowest BCUT2D eigenvalue weighted by Gasteiger charge is -2.27. The normalized spacial score (nSPS) is 14.6. The molecule has 0 aliphatic carbocycles. The molecule has 3 rings (SSSR count). The van der Waals surface area contributed by atoms with Gasteiger partial charge in [0.25, 0.3) is 5.91 Å². The molecule has 1 amide bonds. The molecule has 1 aliphatic heterocycles. The summed E-state index contributed by atoms with van der Waals surface area (Å²) in [6, 6.07) is 11.3. The summed E-state index contributed by atoms with van der Waals surface area (Å²) in [6.07, 6.45) is 5.64. The largest absolute Gasteiger partial charge is 0.355 e. The maximum absolute atomic E-state index is 12.3. The molecule has 2 heterocycles. The van der Waals surface area contributed by atoms with E-state index in [4.69, 9.17) is 0 Å². The molecular formula is C17H20N4OS. The van der Waals surface area contributed by atoms with Crippen LogP contribution in [0.5, 0.6) is 0 Å². The topological polar surface area (TPSA) is 58.1 Å². The van der Waals surface area contributed by atoms with Gasteiger partial charge in [-0.2, -0.15) is 0 Å². The first-order chi connectivity index (χ1) is 11.3. The van der Waals surface area contributed by atoms with E-state index in [-0.39, 0.29) is 5.91 Å². The van der Waals surface area contributed by atoms with Gasteiger partial charge in [0, 0.05) is 18.0 Å². The number of carbonyl (C=O) groups excluding carboxylic acids is 1. The minimum Gasteiger partial charge on any atom is -0.355 e. The number of amides is 1. The fourth-order valence-electron chi connectivity index (χ4n) is 2.67. The van der Waals surface area contributed by atoms with Crippen LogP contribution >= 0.6 is 11.8 Å². The highest BCUT2D eigenvalue weighted by molar-refractivity contribution is 7.98. The van der Waals surface area contributed by atoms with Gasteiger partial charge in [-0.1, -0.05) is 12.1 Å². The molecule has 0 bridgehead atoms. The standard InChI is InChI=1S/C17H20N4OS/c1-23-15-8-4-3-7-13(15)18-17(22)14-9-10-16(20-19-14)21-11-5-2-6-12-21/h3-4,7-10H,2,5-6,11-12H2,1H3,(H,18,22). The molecule has 6 heteroatoms. The third-order valence-electron chi connectivity index (χ3n) is 3.92. The number of hydrogen-bond donors (Lipinski definition) is 1.